The van der Waals surface area contributed by atoms with Crippen LogP contribution in [0.3, 0.4) is 0 Å². The molecular formula is C19H15N3O4S. The number of hydrogen-bond acceptors (Lipinski definition) is 7. The minimum absolute atomic E-state index is 0.0197. The summed E-state index contributed by atoms with van der Waals surface area (Å²) in [6.45, 7) is 0.233. The van der Waals surface area contributed by atoms with Gasteiger partial charge >= 0.3 is 5.97 Å². The molecule has 8 heteroatoms. The second kappa shape index (κ2) is 7.55. The van der Waals surface area contributed by atoms with Crippen molar-refractivity contribution in [2.75, 3.05) is 0 Å². The fourth-order valence-corrected chi connectivity index (χ4v) is 3.33. The lowest BCUT2D eigenvalue weighted by molar-refractivity contribution is -0.145. The van der Waals surface area contributed by atoms with Gasteiger partial charge in [-0.2, -0.15) is 0 Å². The van der Waals surface area contributed by atoms with Gasteiger partial charge in [-0.1, -0.05) is 35.5 Å². The molecule has 0 bridgehead atoms. The lowest BCUT2D eigenvalue weighted by Crippen LogP contribution is -2.21. The Balaban J connectivity index is 1.33. The average Bonchev–Trinajstić information content (AvgIpc) is 3.36. The first kappa shape index (κ1) is 17.2. The molecule has 0 saturated carbocycles. The van der Waals surface area contributed by atoms with Crippen LogP contribution in [0.15, 0.2) is 63.5 Å². The number of hydrogen-bond donors (Lipinski definition) is 0. The fourth-order valence-electron chi connectivity index (χ4n) is 2.61. The zero-order valence-electron chi connectivity index (χ0n) is 14.2. The van der Waals surface area contributed by atoms with Crippen LogP contribution >= 0.6 is 11.3 Å². The number of carbonyl (C=O) groups excluding carboxylic acids is 1. The molecule has 136 valence electrons. The number of esters is 1. The van der Waals surface area contributed by atoms with Crippen LogP contribution in [0.1, 0.15) is 12.1 Å². The molecule has 1 aromatic carbocycles. The van der Waals surface area contributed by atoms with Gasteiger partial charge in [-0.25, -0.2) is 4.98 Å². The highest BCUT2D eigenvalue weighted by molar-refractivity contribution is 7.16. The van der Waals surface area contributed by atoms with Gasteiger partial charge in [0.1, 0.15) is 17.1 Å². The molecule has 0 aliphatic heterocycles. The lowest BCUT2D eigenvalue weighted by atomic mass is 10.2. The van der Waals surface area contributed by atoms with Crippen molar-refractivity contribution in [2.24, 2.45) is 0 Å². The van der Waals surface area contributed by atoms with E-state index in [0.29, 0.717) is 21.7 Å². The third kappa shape index (κ3) is 3.80. The predicted molar refractivity (Wildman–Crippen MR) is 100 cm³/mol. The SMILES string of the molecule is O=C(CCn1cnc2sccc2c1=O)OCc1cc(-c2ccccc2)on1. The Labute approximate surface area is 157 Å². The van der Waals surface area contributed by atoms with E-state index in [1.165, 1.54) is 22.2 Å². The van der Waals surface area contributed by atoms with E-state index in [1.54, 1.807) is 12.1 Å². The number of aryl methyl sites for hydroxylation is 1. The molecule has 0 aliphatic rings. The lowest BCUT2D eigenvalue weighted by Gasteiger charge is -2.05. The first-order valence-corrected chi connectivity index (χ1v) is 9.18. The minimum Gasteiger partial charge on any atom is -0.459 e. The first-order valence-electron chi connectivity index (χ1n) is 8.30. The van der Waals surface area contributed by atoms with Gasteiger partial charge in [0.25, 0.3) is 5.56 Å². The van der Waals surface area contributed by atoms with Gasteiger partial charge in [0, 0.05) is 18.2 Å². The Kier molecular flexibility index (Phi) is 4.80. The minimum atomic E-state index is -0.420. The molecule has 4 rings (SSSR count). The van der Waals surface area contributed by atoms with Crippen LogP contribution in [0.25, 0.3) is 21.5 Å². The summed E-state index contributed by atoms with van der Waals surface area (Å²) >= 11 is 1.41. The van der Waals surface area contributed by atoms with Crippen molar-refractivity contribution in [3.05, 3.63) is 70.2 Å². The van der Waals surface area contributed by atoms with E-state index >= 15 is 0 Å². The molecule has 4 aromatic rings. The van der Waals surface area contributed by atoms with Crippen LogP contribution in [0, 0.1) is 0 Å². The summed E-state index contributed by atoms with van der Waals surface area (Å²) in [5, 5.41) is 6.29. The Hall–Kier alpha value is -3.26. The molecule has 0 N–H and O–H groups in total. The number of benzene rings is 1. The second-order valence-electron chi connectivity index (χ2n) is 5.84. The summed E-state index contributed by atoms with van der Waals surface area (Å²) in [6.07, 6.45) is 1.53. The highest BCUT2D eigenvalue weighted by atomic mass is 32.1. The largest absolute Gasteiger partial charge is 0.459 e. The predicted octanol–water partition coefficient (Wildman–Crippen LogP) is 3.25. The van der Waals surface area contributed by atoms with Crippen molar-refractivity contribution in [1.29, 1.82) is 0 Å². The van der Waals surface area contributed by atoms with Crippen LogP contribution in [0.2, 0.25) is 0 Å². The molecule has 0 saturated heterocycles. The molecule has 3 aromatic heterocycles. The molecule has 0 unspecified atom stereocenters. The molecule has 0 radical (unpaired) electrons. The van der Waals surface area contributed by atoms with E-state index in [4.69, 9.17) is 9.26 Å². The van der Waals surface area contributed by atoms with E-state index in [0.717, 1.165) is 5.56 Å². The number of nitrogens with zero attached hydrogens (tertiary/aromatic N) is 3. The molecule has 0 atom stereocenters. The summed E-state index contributed by atoms with van der Waals surface area (Å²) in [5.74, 6) is 0.194. The van der Waals surface area contributed by atoms with Gasteiger partial charge in [0.15, 0.2) is 5.76 Å². The van der Waals surface area contributed by atoms with Crippen LogP contribution in [-0.4, -0.2) is 20.7 Å². The zero-order chi connectivity index (χ0) is 18.6. The topological polar surface area (TPSA) is 87.2 Å². The van der Waals surface area contributed by atoms with Crippen LogP contribution in [-0.2, 0) is 22.7 Å². The van der Waals surface area contributed by atoms with Crippen molar-refractivity contribution in [2.45, 2.75) is 19.6 Å². The number of aromatic nitrogens is 3. The van der Waals surface area contributed by atoms with Gasteiger partial charge in [0.05, 0.1) is 18.1 Å². The number of ether oxygens (including phenoxy) is 1. The maximum absolute atomic E-state index is 12.3. The van der Waals surface area contributed by atoms with Crippen molar-refractivity contribution in [3.8, 4) is 11.3 Å². The van der Waals surface area contributed by atoms with Gasteiger partial charge in [-0.3, -0.25) is 14.2 Å². The Bertz CT molecular complexity index is 1130. The third-order valence-corrected chi connectivity index (χ3v) is 4.83. The summed E-state index contributed by atoms with van der Waals surface area (Å²) < 4.78 is 11.9. The molecule has 0 spiro atoms. The van der Waals surface area contributed by atoms with E-state index in [2.05, 4.69) is 10.1 Å². The van der Waals surface area contributed by atoms with Gasteiger partial charge < -0.3 is 9.26 Å². The van der Waals surface area contributed by atoms with Gasteiger partial charge in [-0.05, 0) is 11.4 Å². The number of thiophene rings is 1. The van der Waals surface area contributed by atoms with E-state index < -0.39 is 5.97 Å². The molecular weight excluding hydrogens is 366 g/mol. The summed E-state index contributed by atoms with van der Waals surface area (Å²) in [7, 11) is 0. The smallest absolute Gasteiger partial charge is 0.307 e. The van der Waals surface area contributed by atoms with E-state index in [-0.39, 0.29) is 25.1 Å². The standard InChI is InChI=1S/C19H15N3O4S/c23-17(6-8-22-12-20-18-15(19(22)24)7-9-27-18)25-11-14-10-16(26-21-14)13-4-2-1-3-5-13/h1-5,7,9-10,12H,6,8,11H2. The molecule has 0 aliphatic carbocycles. The second-order valence-corrected chi connectivity index (χ2v) is 6.74. The maximum Gasteiger partial charge on any atom is 0.307 e. The third-order valence-electron chi connectivity index (χ3n) is 4.01. The maximum atomic E-state index is 12.3. The quantitative estimate of drug-likeness (QED) is 0.477. The van der Waals surface area contributed by atoms with Crippen molar-refractivity contribution in [3.63, 3.8) is 0 Å². The Morgan fingerprint density at radius 2 is 2.07 bits per heavy atom. The highest BCUT2D eigenvalue weighted by Crippen LogP contribution is 2.20. The summed E-state index contributed by atoms with van der Waals surface area (Å²) in [4.78, 5) is 29.2. The summed E-state index contributed by atoms with van der Waals surface area (Å²) in [6, 6.07) is 13.0. The van der Waals surface area contributed by atoms with E-state index in [9.17, 15) is 9.59 Å². The Morgan fingerprint density at radius 3 is 2.93 bits per heavy atom. The van der Waals surface area contributed by atoms with Crippen molar-refractivity contribution >= 4 is 27.5 Å². The molecule has 27 heavy (non-hydrogen) atoms. The average molecular weight is 381 g/mol. The Morgan fingerprint density at radius 1 is 1.22 bits per heavy atom. The van der Waals surface area contributed by atoms with Gasteiger partial charge in [-0.15, -0.1) is 11.3 Å². The molecule has 3 heterocycles. The van der Waals surface area contributed by atoms with Gasteiger partial charge in [0.2, 0.25) is 0 Å². The van der Waals surface area contributed by atoms with Crippen molar-refractivity contribution in [1.82, 2.24) is 14.7 Å². The fraction of sp³-hybridized carbons (Fsp3) is 0.158. The molecule has 0 fully saturated rings. The normalized spacial score (nSPS) is 11.0. The van der Waals surface area contributed by atoms with Crippen LogP contribution in [0.5, 0.6) is 0 Å². The highest BCUT2D eigenvalue weighted by Gasteiger charge is 2.11. The number of rotatable bonds is 6. The van der Waals surface area contributed by atoms with Crippen LogP contribution in [0.4, 0.5) is 0 Å². The van der Waals surface area contributed by atoms with E-state index in [1.807, 2.05) is 35.7 Å². The summed E-state index contributed by atoms with van der Waals surface area (Å²) in [5.41, 5.74) is 1.28. The molecule has 7 nitrogen and oxygen atoms in total. The molecule has 0 amide bonds. The monoisotopic (exact) mass is 381 g/mol. The van der Waals surface area contributed by atoms with Crippen molar-refractivity contribution < 1.29 is 14.1 Å². The van der Waals surface area contributed by atoms with Crippen LogP contribution < -0.4 is 5.56 Å². The zero-order valence-corrected chi connectivity index (χ0v) is 15.0. The first-order chi connectivity index (χ1) is 13.2. The number of carbonyl (C=O) groups is 1. The number of fused-ring (bicyclic) bond motifs is 1.